The highest BCUT2D eigenvalue weighted by Crippen LogP contribution is 2.19. The third kappa shape index (κ3) is 2.95. The van der Waals surface area contributed by atoms with E-state index in [2.05, 4.69) is 11.8 Å². The zero-order chi connectivity index (χ0) is 8.81. The van der Waals surface area contributed by atoms with E-state index >= 15 is 0 Å². The minimum atomic E-state index is 0.824. The van der Waals surface area contributed by atoms with Gasteiger partial charge < -0.3 is 4.90 Å². The Morgan fingerprint density at radius 2 is 2.25 bits per heavy atom. The van der Waals surface area contributed by atoms with Gasteiger partial charge in [0.05, 0.1) is 0 Å². The van der Waals surface area contributed by atoms with Crippen molar-refractivity contribution in [2.75, 3.05) is 19.0 Å². The Morgan fingerprint density at radius 1 is 1.42 bits per heavy atom. The monoisotopic (exact) mass is 189 g/mol. The Morgan fingerprint density at radius 3 is 2.92 bits per heavy atom. The van der Waals surface area contributed by atoms with Crippen LogP contribution in [0.5, 0.6) is 0 Å². The van der Waals surface area contributed by atoms with E-state index in [9.17, 15) is 0 Å². The molecule has 1 aliphatic rings. The summed E-state index contributed by atoms with van der Waals surface area (Å²) in [7, 11) is 0. The van der Waals surface area contributed by atoms with Gasteiger partial charge in [-0.15, -0.1) is 11.6 Å². The molecular formula is C10H20ClN. The van der Waals surface area contributed by atoms with Crippen LogP contribution in [0.15, 0.2) is 0 Å². The third-order valence-corrected chi connectivity index (χ3v) is 3.07. The summed E-state index contributed by atoms with van der Waals surface area (Å²) in [4.78, 5) is 2.63. The van der Waals surface area contributed by atoms with Gasteiger partial charge in [-0.2, -0.15) is 0 Å². The first-order valence-corrected chi connectivity index (χ1v) is 5.72. The van der Waals surface area contributed by atoms with Crippen molar-refractivity contribution in [2.24, 2.45) is 0 Å². The van der Waals surface area contributed by atoms with Crippen molar-refractivity contribution in [3.05, 3.63) is 0 Å². The summed E-state index contributed by atoms with van der Waals surface area (Å²) >= 11 is 5.64. The maximum atomic E-state index is 5.64. The molecule has 0 radical (unpaired) electrons. The molecule has 1 unspecified atom stereocenters. The second-order valence-corrected chi connectivity index (χ2v) is 4.01. The lowest BCUT2D eigenvalue weighted by atomic mass is 10.1. The summed E-state index contributed by atoms with van der Waals surface area (Å²) in [5.74, 6) is 0.824. The maximum Gasteiger partial charge on any atom is 0.0223 e. The van der Waals surface area contributed by atoms with Crippen molar-refractivity contribution in [2.45, 2.75) is 45.1 Å². The Bertz CT molecular complexity index is 116. The number of rotatable bonds is 5. The smallest absolute Gasteiger partial charge is 0.0223 e. The summed E-state index contributed by atoms with van der Waals surface area (Å²) < 4.78 is 0. The lowest BCUT2D eigenvalue weighted by molar-refractivity contribution is 0.245. The van der Waals surface area contributed by atoms with Gasteiger partial charge in [-0.1, -0.05) is 6.92 Å². The first kappa shape index (κ1) is 10.3. The first-order valence-electron chi connectivity index (χ1n) is 5.18. The molecule has 12 heavy (non-hydrogen) atoms. The average molecular weight is 190 g/mol. The minimum Gasteiger partial charge on any atom is -0.300 e. The largest absolute Gasteiger partial charge is 0.300 e. The molecule has 0 saturated carbocycles. The molecule has 1 fully saturated rings. The second kappa shape index (κ2) is 5.82. The van der Waals surface area contributed by atoms with Crippen LogP contribution in [0.2, 0.25) is 0 Å². The van der Waals surface area contributed by atoms with E-state index in [4.69, 9.17) is 11.6 Å². The topological polar surface area (TPSA) is 3.24 Å². The molecule has 0 spiro atoms. The first-order chi connectivity index (χ1) is 5.88. The van der Waals surface area contributed by atoms with Gasteiger partial charge in [-0.25, -0.2) is 0 Å². The lowest BCUT2D eigenvalue weighted by Crippen LogP contribution is -2.29. The molecule has 1 saturated heterocycles. The summed E-state index contributed by atoms with van der Waals surface area (Å²) in [6.07, 6.45) is 6.59. The molecule has 72 valence electrons. The van der Waals surface area contributed by atoms with Gasteiger partial charge in [0.25, 0.3) is 0 Å². The van der Waals surface area contributed by atoms with Crippen molar-refractivity contribution in [1.82, 2.24) is 4.90 Å². The van der Waals surface area contributed by atoms with Gasteiger partial charge in [0, 0.05) is 11.9 Å². The molecule has 0 aromatic rings. The number of unbranched alkanes of at least 4 members (excludes halogenated alkanes) is 1. The molecule has 0 aromatic carbocycles. The molecule has 1 heterocycles. The fraction of sp³-hybridized carbons (Fsp3) is 1.00. The second-order valence-electron chi connectivity index (χ2n) is 3.64. The van der Waals surface area contributed by atoms with Crippen molar-refractivity contribution in [3.63, 3.8) is 0 Å². The molecular weight excluding hydrogens is 170 g/mol. The fourth-order valence-corrected chi connectivity index (χ4v) is 2.25. The Hall–Kier alpha value is 0.250. The highest BCUT2D eigenvalue weighted by atomic mass is 35.5. The molecule has 0 aliphatic carbocycles. The van der Waals surface area contributed by atoms with Crippen molar-refractivity contribution >= 4 is 11.6 Å². The van der Waals surface area contributed by atoms with Gasteiger partial charge in [-0.3, -0.25) is 0 Å². The Balaban J connectivity index is 2.12. The standard InChI is InChI=1S/C10H20ClN/c1-2-10-6-5-9-12(10)8-4-3-7-11/h10H,2-9H2,1H3. The van der Waals surface area contributed by atoms with Crippen LogP contribution in [0.3, 0.4) is 0 Å². The van der Waals surface area contributed by atoms with Crippen LogP contribution in [0.25, 0.3) is 0 Å². The van der Waals surface area contributed by atoms with Crippen LogP contribution >= 0.6 is 11.6 Å². The number of hydrogen-bond acceptors (Lipinski definition) is 1. The average Bonchev–Trinajstić information content (AvgIpc) is 2.52. The zero-order valence-electron chi connectivity index (χ0n) is 8.06. The Labute approximate surface area is 81.1 Å². The molecule has 1 aliphatic heterocycles. The highest BCUT2D eigenvalue weighted by molar-refractivity contribution is 6.17. The van der Waals surface area contributed by atoms with Gasteiger partial charge >= 0.3 is 0 Å². The van der Waals surface area contributed by atoms with E-state index in [1.807, 2.05) is 0 Å². The van der Waals surface area contributed by atoms with E-state index < -0.39 is 0 Å². The summed E-state index contributed by atoms with van der Waals surface area (Å²) in [5.41, 5.74) is 0. The van der Waals surface area contributed by atoms with E-state index in [0.717, 1.165) is 11.9 Å². The predicted octanol–water partition coefficient (Wildman–Crippen LogP) is 2.88. The highest BCUT2D eigenvalue weighted by Gasteiger charge is 2.21. The normalized spacial score (nSPS) is 25.0. The number of alkyl halides is 1. The quantitative estimate of drug-likeness (QED) is 0.475. The molecule has 0 aromatic heterocycles. The number of likely N-dealkylation sites (tertiary alicyclic amines) is 1. The van der Waals surface area contributed by atoms with Crippen molar-refractivity contribution in [1.29, 1.82) is 0 Å². The van der Waals surface area contributed by atoms with Crippen LogP contribution < -0.4 is 0 Å². The summed E-state index contributed by atoms with van der Waals surface area (Å²) in [5, 5.41) is 0. The van der Waals surface area contributed by atoms with Gasteiger partial charge in [0.2, 0.25) is 0 Å². The predicted molar refractivity (Wildman–Crippen MR) is 54.8 cm³/mol. The van der Waals surface area contributed by atoms with Crippen LogP contribution in [-0.4, -0.2) is 29.9 Å². The zero-order valence-corrected chi connectivity index (χ0v) is 8.82. The number of nitrogens with zero attached hydrogens (tertiary/aromatic N) is 1. The van der Waals surface area contributed by atoms with Crippen molar-refractivity contribution in [3.8, 4) is 0 Å². The van der Waals surface area contributed by atoms with E-state index in [1.165, 1.54) is 45.2 Å². The fourth-order valence-electron chi connectivity index (χ4n) is 2.06. The van der Waals surface area contributed by atoms with E-state index in [-0.39, 0.29) is 0 Å². The van der Waals surface area contributed by atoms with Crippen LogP contribution in [0.1, 0.15) is 39.0 Å². The summed E-state index contributed by atoms with van der Waals surface area (Å²) in [6.45, 7) is 4.89. The maximum absolute atomic E-state index is 5.64. The minimum absolute atomic E-state index is 0.824. The van der Waals surface area contributed by atoms with Gasteiger partial charge in [0.15, 0.2) is 0 Å². The Kier molecular flexibility index (Phi) is 5.01. The van der Waals surface area contributed by atoms with Crippen LogP contribution in [0.4, 0.5) is 0 Å². The molecule has 0 amide bonds. The summed E-state index contributed by atoms with van der Waals surface area (Å²) in [6, 6.07) is 0.875. The van der Waals surface area contributed by atoms with Gasteiger partial charge in [-0.05, 0) is 45.2 Å². The third-order valence-electron chi connectivity index (χ3n) is 2.80. The SMILES string of the molecule is CCC1CCCN1CCCCCl. The molecule has 0 bridgehead atoms. The van der Waals surface area contributed by atoms with Gasteiger partial charge in [0.1, 0.15) is 0 Å². The molecule has 1 nitrogen and oxygen atoms in total. The van der Waals surface area contributed by atoms with E-state index in [1.54, 1.807) is 0 Å². The van der Waals surface area contributed by atoms with Crippen molar-refractivity contribution < 1.29 is 0 Å². The number of halogens is 1. The molecule has 1 atom stereocenters. The van der Waals surface area contributed by atoms with E-state index in [0.29, 0.717) is 0 Å². The van der Waals surface area contributed by atoms with Crippen LogP contribution in [0, 0.1) is 0 Å². The lowest BCUT2D eigenvalue weighted by Gasteiger charge is -2.22. The van der Waals surface area contributed by atoms with Crippen LogP contribution in [-0.2, 0) is 0 Å². The number of hydrogen-bond donors (Lipinski definition) is 0. The molecule has 2 heteroatoms. The molecule has 0 N–H and O–H groups in total. The molecule has 1 rings (SSSR count).